The van der Waals surface area contributed by atoms with Gasteiger partial charge in [-0.25, -0.2) is 4.98 Å². The van der Waals surface area contributed by atoms with Crippen molar-refractivity contribution in [1.82, 2.24) is 4.98 Å². The summed E-state index contributed by atoms with van der Waals surface area (Å²) in [5.41, 5.74) is 0.678. The van der Waals surface area contributed by atoms with Crippen LogP contribution >= 0.6 is 23.2 Å². The largest absolute Gasteiger partial charge is 0.480 e. The minimum absolute atomic E-state index is 0.246. The third kappa shape index (κ3) is 3.93. The van der Waals surface area contributed by atoms with E-state index in [2.05, 4.69) is 4.98 Å². The third-order valence-corrected chi connectivity index (χ3v) is 3.13. The number of hydrogen-bond acceptors (Lipinski definition) is 3. The van der Waals surface area contributed by atoms with E-state index in [9.17, 15) is 9.59 Å². The first-order valence-electron chi connectivity index (χ1n) is 5.88. The summed E-state index contributed by atoms with van der Waals surface area (Å²) < 4.78 is 0. The van der Waals surface area contributed by atoms with Gasteiger partial charge in [-0.1, -0.05) is 23.2 Å². The molecule has 0 atom stereocenters. The number of hydrogen-bond donors (Lipinski definition) is 1. The van der Waals surface area contributed by atoms with E-state index in [-0.39, 0.29) is 10.7 Å². The summed E-state index contributed by atoms with van der Waals surface area (Å²) in [4.78, 5) is 28.4. The second kappa shape index (κ2) is 6.56. The molecule has 0 saturated carbocycles. The quantitative estimate of drug-likeness (QED) is 0.877. The number of carboxylic acid groups (broad SMARTS) is 1. The van der Waals surface area contributed by atoms with E-state index in [1.54, 1.807) is 24.3 Å². The van der Waals surface area contributed by atoms with Gasteiger partial charge in [-0.3, -0.25) is 14.5 Å². The maximum atomic E-state index is 12.4. The monoisotopic (exact) mass is 324 g/mol. The molecule has 0 unspecified atom stereocenters. The molecule has 0 saturated heterocycles. The molecule has 0 bridgehead atoms. The zero-order valence-electron chi connectivity index (χ0n) is 10.7. The Morgan fingerprint density at radius 2 is 1.76 bits per heavy atom. The van der Waals surface area contributed by atoms with Crippen LogP contribution in [-0.4, -0.2) is 28.5 Å². The number of carbonyl (C=O) groups excluding carboxylic acids is 1. The highest BCUT2D eigenvalue weighted by molar-refractivity contribution is 6.30. The van der Waals surface area contributed by atoms with Gasteiger partial charge in [-0.15, -0.1) is 0 Å². The Morgan fingerprint density at radius 3 is 2.29 bits per heavy atom. The second-order valence-electron chi connectivity index (χ2n) is 4.13. The fourth-order valence-corrected chi connectivity index (χ4v) is 1.93. The average Bonchev–Trinajstić information content (AvgIpc) is 2.46. The Labute approximate surface area is 130 Å². The standard InChI is InChI=1S/C14H10Cl2N2O3/c15-10-2-4-11(5-3-10)18(8-13(19)20)14(21)9-1-6-12(16)17-7-9/h1-7H,8H2,(H,19,20). The summed E-state index contributed by atoms with van der Waals surface area (Å²) in [6.45, 7) is -0.469. The average molecular weight is 325 g/mol. The molecule has 1 heterocycles. The molecule has 0 aliphatic carbocycles. The van der Waals surface area contributed by atoms with Crippen LogP contribution in [-0.2, 0) is 4.79 Å². The van der Waals surface area contributed by atoms with Crippen LogP contribution in [0, 0.1) is 0 Å². The number of carbonyl (C=O) groups is 2. The van der Waals surface area contributed by atoms with E-state index >= 15 is 0 Å². The first-order chi connectivity index (χ1) is 9.97. The zero-order valence-corrected chi connectivity index (χ0v) is 12.2. The van der Waals surface area contributed by atoms with Gasteiger partial charge in [-0.05, 0) is 36.4 Å². The molecule has 1 amide bonds. The lowest BCUT2D eigenvalue weighted by Gasteiger charge is -2.20. The molecule has 108 valence electrons. The first kappa shape index (κ1) is 15.3. The predicted molar refractivity (Wildman–Crippen MR) is 80.0 cm³/mol. The summed E-state index contributed by atoms with van der Waals surface area (Å²) in [5.74, 6) is -1.61. The molecule has 2 aromatic rings. The summed E-state index contributed by atoms with van der Waals surface area (Å²) in [6, 6.07) is 9.27. The van der Waals surface area contributed by atoms with Crippen LogP contribution in [0.3, 0.4) is 0 Å². The van der Waals surface area contributed by atoms with E-state index in [4.69, 9.17) is 28.3 Å². The Hall–Kier alpha value is -2.11. The Kier molecular flexibility index (Phi) is 4.77. The number of aliphatic carboxylic acids is 1. The Bertz CT molecular complexity index is 657. The molecule has 0 fully saturated rings. The van der Waals surface area contributed by atoms with Gasteiger partial charge in [0.1, 0.15) is 11.7 Å². The number of benzene rings is 1. The molecule has 1 N–H and O–H groups in total. The number of aromatic nitrogens is 1. The molecule has 5 nitrogen and oxygen atoms in total. The third-order valence-electron chi connectivity index (χ3n) is 2.65. The van der Waals surface area contributed by atoms with Crippen LogP contribution in [0.1, 0.15) is 10.4 Å². The maximum Gasteiger partial charge on any atom is 0.323 e. The van der Waals surface area contributed by atoms with Crippen LogP contribution in [0.5, 0.6) is 0 Å². The van der Waals surface area contributed by atoms with Crippen molar-refractivity contribution in [1.29, 1.82) is 0 Å². The molecule has 0 aliphatic heterocycles. The molecule has 0 aliphatic rings. The number of anilines is 1. The highest BCUT2D eigenvalue weighted by Gasteiger charge is 2.20. The van der Waals surface area contributed by atoms with Crippen molar-refractivity contribution in [2.75, 3.05) is 11.4 Å². The fourth-order valence-electron chi connectivity index (χ4n) is 1.69. The summed E-state index contributed by atoms with van der Waals surface area (Å²) >= 11 is 11.5. The van der Waals surface area contributed by atoms with E-state index in [0.717, 1.165) is 4.90 Å². The SMILES string of the molecule is O=C(O)CN(C(=O)c1ccc(Cl)nc1)c1ccc(Cl)cc1. The van der Waals surface area contributed by atoms with Crippen molar-refractivity contribution < 1.29 is 14.7 Å². The minimum atomic E-state index is -1.12. The summed E-state index contributed by atoms with van der Waals surface area (Å²) in [5, 5.41) is 9.73. The highest BCUT2D eigenvalue weighted by atomic mass is 35.5. The predicted octanol–water partition coefficient (Wildman–Crippen LogP) is 3.12. The summed E-state index contributed by atoms with van der Waals surface area (Å²) in [6.07, 6.45) is 1.30. The van der Waals surface area contributed by atoms with Crippen molar-refractivity contribution >= 4 is 40.8 Å². The van der Waals surface area contributed by atoms with E-state index in [1.165, 1.54) is 18.3 Å². The smallest absolute Gasteiger partial charge is 0.323 e. The molecular weight excluding hydrogens is 315 g/mol. The topological polar surface area (TPSA) is 70.5 Å². The normalized spacial score (nSPS) is 10.2. The first-order valence-corrected chi connectivity index (χ1v) is 6.64. The second-order valence-corrected chi connectivity index (χ2v) is 4.95. The van der Waals surface area contributed by atoms with Crippen molar-refractivity contribution in [2.45, 2.75) is 0 Å². The zero-order chi connectivity index (χ0) is 15.4. The van der Waals surface area contributed by atoms with Gasteiger partial charge >= 0.3 is 5.97 Å². The molecule has 2 rings (SSSR count). The van der Waals surface area contributed by atoms with Crippen LogP contribution in [0.2, 0.25) is 10.2 Å². The van der Waals surface area contributed by atoms with E-state index in [1.807, 2.05) is 0 Å². The molecule has 7 heteroatoms. The van der Waals surface area contributed by atoms with Crippen LogP contribution in [0.25, 0.3) is 0 Å². The van der Waals surface area contributed by atoms with E-state index in [0.29, 0.717) is 10.7 Å². The summed E-state index contributed by atoms with van der Waals surface area (Å²) in [7, 11) is 0. The number of rotatable bonds is 4. The molecule has 1 aromatic heterocycles. The van der Waals surface area contributed by atoms with Gasteiger partial charge in [0.15, 0.2) is 0 Å². The van der Waals surface area contributed by atoms with Gasteiger partial charge in [0.05, 0.1) is 5.56 Å². The van der Waals surface area contributed by atoms with Gasteiger partial charge < -0.3 is 5.11 Å². The fraction of sp³-hybridized carbons (Fsp3) is 0.0714. The van der Waals surface area contributed by atoms with Gasteiger partial charge in [0.2, 0.25) is 0 Å². The van der Waals surface area contributed by atoms with Gasteiger partial charge in [0.25, 0.3) is 5.91 Å². The number of halogens is 2. The molecule has 0 radical (unpaired) electrons. The Morgan fingerprint density at radius 1 is 1.10 bits per heavy atom. The number of carboxylic acids is 1. The highest BCUT2D eigenvalue weighted by Crippen LogP contribution is 2.20. The van der Waals surface area contributed by atoms with Crippen LogP contribution in [0.15, 0.2) is 42.6 Å². The lowest BCUT2D eigenvalue weighted by molar-refractivity contribution is -0.135. The van der Waals surface area contributed by atoms with Crippen molar-refractivity contribution in [2.24, 2.45) is 0 Å². The lowest BCUT2D eigenvalue weighted by Crippen LogP contribution is -2.35. The maximum absolute atomic E-state index is 12.4. The van der Waals surface area contributed by atoms with Gasteiger partial charge in [0, 0.05) is 16.9 Å². The van der Waals surface area contributed by atoms with E-state index < -0.39 is 18.4 Å². The molecule has 21 heavy (non-hydrogen) atoms. The van der Waals surface area contributed by atoms with Crippen molar-refractivity contribution in [3.05, 3.63) is 58.3 Å². The number of nitrogens with zero attached hydrogens (tertiary/aromatic N) is 2. The molecular formula is C14H10Cl2N2O3. The number of amides is 1. The number of pyridine rings is 1. The van der Waals surface area contributed by atoms with Crippen molar-refractivity contribution in [3.8, 4) is 0 Å². The lowest BCUT2D eigenvalue weighted by atomic mass is 10.2. The van der Waals surface area contributed by atoms with Gasteiger partial charge in [-0.2, -0.15) is 0 Å². The minimum Gasteiger partial charge on any atom is -0.480 e. The molecule has 0 spiro atoms. The van der Waals surface area contributed by atoms with Crippen LogP contribution in [0.4, 0.5) is 5.69 Å². The molecule has 1 aromatic carbocycles. The Balaban J connectivity index is 2.35. The van der Waals surface area contributed by atoms with Crippen molar-refractivity contribution in [3.63, 3.8) is 0 Å². The van der Waals surface area contributed by atoms with Crippen LogP contribution < -0.4 is 4.90 Å².